The average Bonchev–Trinajstić information content (AvgIpc) is 2.16. The standard InChI is InChI=1S/C11H17NO2/c1-12(2)8-9-5-6-10(13-3)11(7-9)14-4/h5-7H,8H2,1-4H3. The monoisotopic (exact) mass is 195 g/mol. The Balaban J connectivity index is 2.89. The highest BCUT2D eigenvalue weighted by Crippen LogP contribution is 2.27. The van der Waals surface area contributed by atoms with Crippen molar-refractivity contribution in [3.8, 4) is 11.5 Å². The second kappa shape index (κ2) is 4.86. The molecule has 0 saturated heterocycles. The fourth-order valence-corrected chi connectivity index (χ4v) is 1.34. The number of benzene rings is 1. The van der Waals surface area contributed by atoms with Crippen LogP contribution in [0.3, 0.4) is 0 Å². The van der Waals surface area contributed by atoms with Crippen molar-refractivity contribution < 1.29 is 9.47 Å². The van der Waals surface area contributed by atoms with Gasteiger partial charge in [-0.1, -0.05) is 6.07 Å². The second-order valence-electron chi connectivity index (χ2n) is 3.43. The van der Waals surface area contributed by atoms with Crippen molar-refractivity contribution in [1.29, 1.82) is 0 Å². The number of hydrogen-bond donors (Lipinski definition) is 0. The molecule has 0 N–H and O–H groups in total. The van der Waals surface area contributed by atoms with Crippen LogP contribution >= 0.6 is 0 Å². The summed E-state index contributed by atoms with van der Waals surface area (Å²) in [5.41, 5.74) is 1.22. The van der Waals surface area contributed by atoms with Crippen molar-refractivity contribution in [2.24, 2.45) is 0 Å². The fourth-order valence-electron chi connectivity index (χ4n) is 1.34. The van der Waals surface area contributed by atoms with Crippen molar-refractivity contribution >= 4 is 0 Å². The fraction of sp³-hybridized carbons (Fsp3) is 0.455. The Morgan fingerprint density at radius 1 is 1.07 bits per heavy atom. The Morgan fingerprint density at radius 2 is 1.71 bits per heavy atom. The van der Waals surface area contributed by atoms with Gasteiger partial charge >= 0.3 is 0 Å². The molecule has 0 radical (unpaired) electrons. The average molecular weight is 195 g/mol. The molecule has 0 aliphatic carbocycles. The summed E-state index contributed by atoms with van der Waals surface area (Å²) >= 11 is 0. The van der Waals surface area contributed by atoms with E-state index >= 15 is 0 Å². The molecule has 1 rings (SSSR count). The van der Waals surface area contributed by atoms with Crippen LogP contribution in [0, 0.1) is 0 Å². The quantitative estimate of drug-likeness (QED) is 0.730. The highest BCUT2D eigenvalue weighted by molar-refractivity contribution is 5.42. The lowest BCUT2D eigenvalue weighted by molar-refractivity contribution is 0.352. The first-order valence-corrected chi connectivity index (χ1v) is 4.53. The van der Waals surface area contributed by atoms with Gasteiger partial charge in [-0.3, -0.25) is 0 Å². The van der Waals surface area contributed by atoms with Crippen LogP contribution in [0.2, 0.25) is 0 Å². The molecule has 1 aromatic carbocycles. The Labute approximate surface area is 85.2 Å². The van der Waals surface area contributed by atoms with E-state index in [9.17, 15) is 0 Å². The lowest BCUT2D eigenvalue weighted by Gasteiger charge is -2.12. The third-order valence-electron chi connectivity index (χ3n) is 1.95. The molecule has 0 aliphatic rings. The van der Waals surface area contributed by atoms with Crippen LogP contribution in [0.5, 0.6) is 11.5 Å². The zero-order chi connectivity index (χ0) is 10.6. The Morgan fingerprint density at radius 3 is 2.21 bits per heavy atom. The first-order valence-electron chi connectivity index (χ1n) is 4.53. The molecule has 0 aliphatic heterocycles. The summed E-state index contributed by atoms with van der Waals surface area (Å²) < 4.78 is 10.4. The van der Waals surface area contributed by atoms with Crippen molar-refractivity contribution in [2.45, 2.75) is 6.54 Å². The van der Waals surface area contributed by atoms with Gasteiger partial charge in [0.1, 0.15) is 0 Å². The molecular formula is C11H17NO2. The molecule has 78 valence electrons. The minimum absolute atomic E-state index is 0.773. The van der Waals surface area contributed by atoms with E-state index in [-0.39, 0.29) is 0 Å². The molecule has 0 bridgehead atoms. The van der Waals surface area contributed by atoms with Crippen molar-refractivity contribution in [3.63, 3.8) is 0 Å². The lowest BCUT2D eigenvalue weighted by Crippen LogP contribution is -2.10. The number of methoxy groups -OCH3 is 2. The minimum Gasteiger partial charge on any atom is -0.493 e. The molecule has 0 amide bonds. The van der Waals surface area contributed by atoms with E-state index in [1.54, 1.807) is 14.2 Å². The zero-order valence-corrected chi connectivity index (χ0v) is 9.20. The number of rotatable bonds is 4. The van der Waals surface area contributed by atoms with Crippen molar-refractivity contribution in [2.75, 3.05) is 28.3 Å². The molecule has 0 atom stereocenters. The maximum Gasteiger partial charge on any atom is 0.161 e. The molecule has 3 nitrogen and oxygen atoms in total. The molecule has 0 heterocycles. The van der Waals surface area contributed by atoms with E-state index < -0.39 is 0 Å². The van der Waals surface area contributed by atoms with Crippen LogP contribution in [0.25, 0.3) is 0 Å². The summed E-state index contributed by atoms with van der Waals surface area (Å²) in [6, 6.07) is 5.97. The summed E-state index contributed by atoms with van der Waals surface area (Å²) in [5.74, 6) is 1.56. The van der Waals surface area contributed by atoms with Gasteiger partial charge in [-0.15, -0.1) is 0 Å². The van der Waals surface area contributed by atoms with Gasteiger partial charge in [0.2, 0.25) is 0 Å². The molecule has 0 spiro atoms. The third kappa shape index (κ3) is 2.64. The number of hydrogen-bond acceptors (Lipinski definition) is 3. The highest BCUT2D eigenvalue weighted by Gasteiger charge is 2.04. The van der Waals surface area contributed by atoms with E-state index in [1.165, 1.54) is 5.56 Å². The van der Waals surface area contributed by atoms with Gasteiger partial charge in [0, 0.05) is 6.54 Å². The smallest absolute Gasteiger partial charge is 0.161 e. The maximum atomic E-state index is 5.21. The summed E-state index contributed by atoms with van der Waals surface area (Å²) in [6.45, 7) is 0.903. The van der Waals surface area contributed by atoms with Gasteiger partial charge in [-0.25, -0.2) is 0 Å². The normalized spacial score (nSPS) is 10.4. The van der Waals surface area contributed by atoms with E-state index in [2.05, 4.69) is 4.90 Å². The minimum atomic E-state index is 0.773. The van der Waals surface area contributed by atoms with Crippen LogP contribution < -0.4 is 9.47 Å². The van der Waals surface area contributed by atoms with E-state index in [4.69, 9.17) is 9.47 Å². The Hall–Kier alpha value is -1.22. The van der Waals surface area contributed by atoms with Crippen LogP contribution in [0.15, 0.2) is 18.2 Å². The van der Waals surface area contributed by atoms with Crippen LogP contribution in [-0.2, 0) is 6.54 Å². The molecule has 0 saturated carbocycles. The largest absolute Gasteiger partial charge is 0.493 e. The van der Waals surface area contributed by atoms with Crippen LogP contribution in [0.4, 0.5) is 0 Å². The third-order valence-corrected chi connectivity index (χ3v) is 1.95. The predicted octanol–water partition coefficient (Wildman–Crippen LogP) is 1.77. The number of nitrogens with zero attached hydrogens (tertiary/aromatic N) is 1. The molecule has 0 fully saturated rings. The molecule has 0 unspecified atom stereocenters. The first-order chi connectivity index (χ1) is 6.67. The second-order valence-corrected chi connectivity index (χ2v) is 3.43. The SMILES string of the molecule is COc1ccc(CN(C)C)cc1OC. The van der Waals surface area contributed by atoms with Crippen LogP contribution in [0.1, 0.15) is 5.56 Å². The number of ether oxygens (including phenoxy) is 2. The van der Waals surface area contributed by atoms with E-state index in [1.807, 2.05) is 32.3 Å². The highest BCUT2D eigenvalue weighted by atomic mass is 16.5. The lowest BCUT2D eigenvalue weighted by atomic mass is 10.2. The maximum absolute atomic E-state index is 5.21. The van der Waals surface area contributed by atoms with Gasteiger partial charge in [-0.2, -0.15) is 0 Å². The first kappa shape index (κ1) is 10.9. The van der Waals surface area contributed by atoms with E-state index in [0.717, 1.165) is 18.0 Å². The van der Waals surface area contributed by atoms with Crippen molar-refractivity contribution in [1.82, 2.24) is 4.90 Å². The molecular weight excluding hydrogens is 178 g/mol. The summed E-state index contributed by atoms with van der Waals surface area (Å²) in [4.78, 5) is 2.11. The predicted molar refractivity (Wildman–Crippen MR) is 56.9 cm³/mol. The van der Waals surface area contributed by atoms with Gasteiger partial charge in [-0.05, 0) is 31.8 Å². The Bertz CT molecular complexity index is 297. The van der Waals surface area contributed by atoms with Crippen LogP contribution in [-0.4, -0.2) is 33.2 Å². The summed E-state index contributed by atoms with van der Waals surface area (Å²) in [5, 5.41) is 0. The van der Waals surface area contributed by atoms with Gasteiger partial charge in [0.15, 0.2) is 11.5 Å². The zero-order valence-electron chi connectivity index (χ0n) is 9.20. The topological polar surface area (TPSA) is 21.7 Å². The molecule has 14 heavy (non-hydrogen) atoms. The Kier molecular flexibility index (Phi) is 3.77. The summed E-state index contributed by atoms with van der Waals surface area (Å²) in [7, 11) is 7.37. The van der Waals surface area contributed by atoms with Gasteiger partial charge < -0.3 is 14.4 Å². The van der Waals surface area contributed by atoms with Gasteiger partial charge in [0.05, 0.1) is 14.2 Å². The molecule has 0 aromatic heterocycles. The van der Waals surface area contributed by atoms with Gasteiger partial charge in [0.25, 0.3) is 0 Å². The van der Waals surface area contributed by atoms with E-state index in [0.29, 0.717) is 0 Å². The van der Waals surface area contributed by atoms with Crippen molar-refractivity contribution in [3.05, 3.63) is 23.8 Å². The molecule has 3 heteroatoms. The molecule has 1 aromatic rings. The summed E-state index contributed by atoms with van der Waals surface area (Å²) in [6.07, 6.45) is 0.